The van der Waals surface area contributed by atoms with E-state index in [1.807, 2.05) is 47.4 Å². The van der Waals surface area contributed by atoms with Crippen LogP contribution in [0.25, 0.3) is 0 Å². The van der Waals surface area contributed by atoms with Crippen molar-refractivity contribution in [2.24, 2.45) is 0 Å². The van der Waals surface area contributed by atoms with E-state index in [2.05, 4.69) is 17.4 Å². The number of amides is 1. The molecule has 0 saturated heterocycles. The summed E-state index contributed by atoms with van der Waals surface area (Å²) in [6.07, 6.45) is 6.56. The number of benzene rings is 2. The summed E-state index contributed by atoms with van der Waals surface area (Å²) in [5.74, 6) is 0.597. The summed E-state index contributed by atoms with van der Waals surface area (Å²) in [5.41, 5.74) is 3.14. The smallest absolute Gasteiger partial charge is 0.243 e. The molecule has 0 unspecified atom stereocenters. The Morgan fingerprint density at radius 1 is 1.00 bits per heavy atom. The van der Waals surface area contributed by atoms with Crippen LogP contribution in [-0.4, -0.2) is 30.7 Å². The van der Waals surface area contributed by atoms with E-state index in [0.29, 0.717) is 12.5 Å². The van der Waals surface area contributed by atoms with Gasteiger partial charge in [0.25, 0.3) is 0 Å². The van der Waals surface area contributed by atoms with Crippen LogP contribution in [0.2, 0.25) is 0 Å². The molecule has 138 valence electrons. The maximum atomic E-state index is 12.4. The zero-order valence-electron chi connectivity index (χ0n) is 15.2. The van der Waals surface area contributed by atoms with Gasteiger partial charge in [0.05, 0.1) is 13.2 Å². The monoisotopic (exact) mass is 352 g/mol. The van der Waals surface area contributed by atoms with Gasteiger partial charge in [0.2, 0.25) is 5.91 Å². The van der Waals surface area contributed by atoms with Crippen LogP contribution in [0.4, 0.5) is 11.4 Å². The molecular formula is C22H28N2O2. The number of aliphatic hydroxyl groups excluding tert-OH is 1. The maximum Gasteiger partial charge on any atom is 0.243 e. The Morgan fingerprint density at radius 3 is 2.35 bits per heavy atom. The SMILES string of the molecule is O=C(CN(CCO)c1ccccc1)Nc1ccc(C2CCCCC2)cc1. The van der Waals surface area contributed by atoms with E-state index in [9.17, 15) is 9.90 Å². The van der Waals surface area contributed by atoms with Gasteiger partial charge in [0, 0.05) is 17.9 Å². The number of hydrogen-bond acceptors (Lipinski definition) is 3. The fraction of sp³-hybridized carbons (Fsp3) is 0.409. The van der Waals surface area contributed by atoms with E-state index in [-0.39, 0.29) is 19.1 Å². The number of carbonyl (C=O) groups excluding carboxylic acids is 1. The molecule has 0 atom stereocenters. The Balaban J connectivity index is 1.58. The molecule has 2 aromatic rings. The predicted molar refractivity (Wildman–Crippen MR) is 107 cm³/mol. The van der Waals surface area contributed by atoms with Crippen molar-refractivity contribution < 1.29 is 9.90 Å². The molecule has 2 N–H and O–H groups in total. The first kappa shape index (κ1) is 18.5. The van der Waals surface area contributed by atoms with Gasteiger partial charge in [-0.3, -0.25) is 4.79 Å². The van der Waals surface area contributed by atoms with Crippen LogP contribution in [0, 0.1) is 0 Å². The third kappa shape index (κ3) is 5.09. The van der Waals surface area contributed by atoms with Crippen LogP contribution in [0.1, 0.15) is 43.6 Å². The summed E-state index contributed by atoms with van der Waals surface area (Å²) < 4.78 is 0. The predicted octanol–water partition coefficient (Wildman–Crippen LogP) is 4.17. The quantitative estimate of drug-likeness (QED) is 0.786. The van der Waals surface area contributed by atoms with Gasteiger partial charge in [-0.2, -0.15) is 0 Å². The molecule has 1 aliphatic carbocycles. The van der Waals surface area contributed by atoms with Crippen LogP contribution in [0.15, 0.2) is 54.6 Å². The number of carbonyl (C=O) groups is 1. The summed E-state index contributed by atoms with van der Waals surface area (Å²) in [7, 11) is 0. The molecule has 0 aliphatic heterocycles. The lowest BCUT2D eigenvalue weighted by molar-refractivity contribution is -0.115. The average Bonchev–Trinajstić information content (AvgIpc) is 2.69. The molecule has 4 nitrogen and oxygen atoms in total. The highest BCUT2D eigenvalue weighted by Crippen LogP contribution is 2.32. The lowest BCUT2D eigenvalue weighted by Crippen LogP contribution is -2.35. The standard InChI is InChI=1S/C22H28N2O2/c25-16-15-24(21-9-5-2-6-10-21)17-22(26)23-20-13-11-19(12-14-20)18-7-3-1-4-8-18/h2,5-6,9-14,18,25H,1,3-4,7-8,15-17H2,(H,23,26). The van der Waals surface area contributed by atoms with Gasteiger partial charge >= 0.3 is 0 Å². The molecule has 0 aromatic heterocycles. The Morgan fingerprint density at radius 2 is 1.69 bits per heavy atom. The molecular weight excluding hydrogens is 324 g/mol. The number of para-hydroxylation sites is 1. The Kier molecular flexibility index (Phi) is 6.67. The number of aliphatic hydroxyl groups is 1. The Bertz CT molecular complexity index is 679. The van der Waals surface area contributed by atoms with Gasteiger partial charge in [-0.25, -0.2) is 0 Å². The third-order valence-electron chi connectivity index (χ3n) is 5.10. The number of anilines is 2. The second kappa shape index (κ2) is 9.39. The van der Waals surface area contributed by atoms with Crippen molar-refractivity contribution in [3.63, 3.8) is 0 Å². The normalized spacial score (nSPS) is 14.8. The summed E-state index contributed by atoms with van der Waals surface area (Å²) in [6.45, 7) is 0.658. The van der Waals surface area contributed by atoms with Gasteiger partial charge in [-0.05, 0) is 48.6 Å². The largest absolute Gasteiger partial charge is 0.395 e. The zero-order chi connectivity index (χ0) is 18.2. The zero-order valence-corrected chi connectivity index (χ0v) is 15.2. The van der Waals surface area contributed by atoms with E-state index in [1.54, 1.807) is 0 Å². The van der Waals surface area contributed by atoms with Gasteiger partial charge in [-0.1, -0.05) is 49.6 Å². The molecule has 4 heteroatoms. The van der Waals surface area contributed by atoms with E-state index in [0.717, 1.165) is 11.4 Å². The van der Waals surface area contributed by atoms with Crippen LogP contribution < -0.4 is 10.2 Å². The first-order valence-electron chi connectivity index (χ1n) is 9.57. The molecule has 1 saturated carbocycles. The molecule has 26 heavy (non-hydrogen) atoms. The minimum absolute atomic E-state index is 0.0122. The van der Waals surface area contributed by atoms with Crippen LogP contribution in [-0.2, 0) is 4.79 Å². The minimum Gasteiger partial charge on any atom is -0.395 e. The molecule has 0 spiro atoms. The van der Waals surface area contributed by atoms with Crippen LogP contribution in [0.3, 0.4) is 0 Å². The van der Waals surface area contributed by atoms with Crippen molar-refractivity contribution in [2.45, 2.75) is 38.0 Å². The Labute approximate surface area is 155 Å². The highest BCUT2D eigenvalue weighted by molar-refractivity contribution is 5.94. The second-order valence-electron chi connectivity index (χ2n) is 6.99. The minimum atomic E-state index is -0.0762. The van der Waals surface area contributed by atoms with Crippen molar-refractivity contribution in [1.82, 2.24) is 0 Å². The third-order valence-corrected chi connectivity index (χ3v) is 5.10. The fourth-order valence-corrected chi connectivity index (χ4v) is 3.71. The lowest BCUT2D eigenvalue weighted by atomic mass is 9.84. The van der Waals surface area contributed by atoms with Crippen LogP contribution in [0.5, 0.6) is 0 Å². The summed E-state index contributed by atoms with van der Waals surface area (Å²) >= 11 is 0. The summed E-state index contributed by atoms with van der Waals surface area (Å²) in [4.78, 5) is 14.3. The highest BCUT2D eigenvalue weighted by Gasteiger charge is 2.16. The van der Waals surface area contributed by atoms with E-state index in [1.165, 1.54) is 37.7 Å². The van der Waals surface area contributed by atoms with Gasteiger partial charge < -0.3 is 15.3 Å². The molecule has 1 fully saturated rings. The topological polar surface area (TPSA) is 52.6 Å². The molecule has 3 rings (SSSR count). The van der Waals surface area contributed by atoms with Crippen molar-refractivity contribution in [3.05, 3.63) is 60.2 Å². The number of nitrogens with zero attached hydrogens (tertiary/aromatic N) is 1. The average molecular weight is 352 g/mol. The van der Waals surface area contributed by atoms with Crippen molar-refractivity contribution in [1.29, 1.82) is 0 Å². The fourth-order valence-electron chi connectivity index (χ4n) is 3.71. The molecule has 1 aliphatic rings. The Hall–Kier alpha value is -2.33. The molecule has 0 bridgehead atoms. The molecule has 1 amide bonds. The van der Waals surface area contributed by atoms with Crippen LogP contribution >= 0.6 is 0 Å². The van der Waals surface area contributed by atoms with E-state index < -0.39 is 0 Å². The number of rotatable bonds is 7. The van der Waals surface area contributed by atoms with Crippen molar-refractivity contribution in [2.75, 3.05) is 29.9 Å². The summed E-state index contributed by atoms with van der Waals surface area (Å²) in [5, 5.41) is 12.3. The maximum absolute atomic E-state index is 12.4. The molecule has 0 heterocycles. The number of nitrogens with one attached hydrogen (secondary N) is 1. The van der Waals surface area contributed by atoms with Crippen molar-refractivity contribution >= 4 is 17.3 Å². The summed E-state index contributed by atoms with van der Waals surface area (Å²) in [6, 6.07) is 18.0. The van der Waals surface area contributed by atoms with Gasteiger partial charge in [0.1, 0.15) is 0 Å². The van der Waals surface area contributed by atoms with E-state index in [4.69, 9.17) is 0 Å². The van der Waals surface area contributed by atoms with E-state index >= 15 is 0 Å². The van der Waals surface area contributed by atoms with Crippen molar-refractivity contribution in [3.8, 4) is 0 Å². The highest BCUT2D eigenvalue weighted by atomic mass is 16.3. The molecule has 2 aromatic carbocycles. The van der Waals surface area contributed by atoms with Gasteiger partial charge in [0.15, 0.2) is 0 Å². The van der Waals surface area contributed by atoms with Gasteiger partial charge in [-0.15, -0.1) is 0 Å². The lowest BCUT2D eigenvalue weighted by Gasteiger charge is -2.23. The number of hydrogen-bond donors (Lipinski definition) is 2. The molecule has 0 radical (unpaired) electrons. The first-order chi connectivity index (χ1) is 12.8. The first-order valence-corrected chi connectivity index (χ1v) is 9.57. The second-order valence-corrected chi connectivity index (χ2v) is 6.99.